The number of aryl methyl sites for hydroxylation is 3. The Morgan fingerprint density at radius 2 is 1.07 bits per heavy atom. The van der Waals surface area contributed by atoms with Crippen LogP contribution in [0.4, 0.5) is 0 Å². The largest absolute Gasteiger partial charge is 0.251 e. The van der Waals surface area contributed by atoms with Gasteiger partial charge in [0.05, 0.1) is 11.0 Å². The van der Waals surface area contributed by atoms with Crippen molar-refractivity contribution in [1.82, 2.24) is 9.97 Å². The number of benzene rings is 3. The molecule has 0 fully saturated rings. The second-order valence-corrected chi connectivity index (χ2v) is 7.72. The summed E-state index contributed by atoms with van der Waals surface area (Å²) < 4.78 is 0. The maximum absolute atomic E-state index is 4.93. The van der Waals surface area contributed by atoms with Crippen LogP contribution in [-0.2, 0) is 0 Å². The molecule has 0 aliphatic rings. The van der Waals surface area contributed by atoms with Crippen molar-refractivity contribution in [3.63, 3.8) is 0 Å². The second kappa shape index (κ2) is 6.82. The summed E-state index contributed by atoms with van der Waals surface area (Å²) in [5, 5.41) is 2.29. The average molecular weight is 374 g/mol. The van der Waals surface area contributed by atoms with Crippen LogP contribution in [0.3, 0.4) is 0 Å². The Hall–Kier alpha value is -3.52. The molecule has 5 aromatic rings. The van der Waals surface area contributed by atoms with E-state index in [1.807, 2.05) is 6.07 Å². The molecule has 0 atom stereocenters. The van der Waals surface area contributed by atoms with Gasteiger partial charge in [0.15, 0.2) is 0 Å². The number of aromatic nitrogens is 2. The average Bonchev–Trinajstić information content (AvgIpc) is 2.73. The fourth-order valence-corrected chi connectivity index (χ4v) is 4.14. The van der Waals surface area contributed by atoms with Gasteiger partial charge in [-0.15, -0.1) is 0 Å². The summed E-state index contributed by atoms with van der Waals surface area (Å²) in [6.45, 7) is 6.25. The van der Waals surface area contributed by atoms with Crippen LogP contribution in [0.5, 0.6) is 0 Å². The topological polar surface area (TPSA) is 25.8 Å². The minimum Gasteiger partial charge on any atom is -0.251 e. The Labute approximate surface area is 170 Å². The van der Waals surface area contributed by atoms with E-state index in [2.05, 4.69) is 93.6 Å². The van der Waals surface area contributed by atoms with Gasteiger partial charge in [-0.3, -0.25) is 9.97 Å². The van der Waals surface area contributed by atoms with Crippen molar-refractivity contribution in [2.24, 2.45) is 0 Å². The van der Waals surface area contributed by atoms with E-state index in [0.717, 1.165) is 33.2 Å². The van der Waals surface area contributed by atoms with E-state index < -0.39 is 0 Å². The molecule has 0 radical (unpaired) electrons. The molecule has 2 heterocycles. The molecule has 0 aliphatic heterocycles. The molecule has 0 spiro atoms. The minimum absolute atomic E-state index is 0.971. The highest BCUT2D eigenvalue weighted by Crippen LogP contribution is 2.36. The molecule has 0 N–H and O–H groups in total. The zero-order valence-electron chi connectivity index (χ0n) is 16.9. The third-order valence-corrected chi connectivity index (χ3v) is 5.43. The lowest BCUT2D eigenvalue weighted by atomic mass is 9.95. The molecule has 0 unspecified atom stereocenters. The number of hydrogen-bond donors (Lipinski definition) is 0. The first kappa shape index (κ1) is 17.6. The number of hydrogen-bond acceptors (Lipinski definition) is 2. The van der Waals surface area contributed by atoms with E-state index in [1.165, 1.54) is 27.8 Å². The minimum atomic E-state index is 0.971. The predicted octanol–water partition coefficient (Wildman–Crippen LogP) is 7.04. The number of pyridine rings is 2. The summed E-state index contributed by atoms with van der Waals surface area (Å²) in [7, 11) is 0. The van der Waals surface area contributed by atoms with Crippen LogP contribution in [0.2, 0.25) is 0 Å². The molecular formula is C27H22N2. The maximum atomic E-state index is 4.93. The summed E-state index contributed by atoms with van der Waals surface area (Å²) in [6.07, 6.45) is 0. The summed E-state index contributed by atoms with van der Waals surface area (Å²) >= 11 is 0. The number of rotatable bonds is 2. The Morgan fingerprint density at radius 1 is 0.517 bits per heavy atom. The van der Waals surface area contributed by atoms with Crippen LogP contribution in [-0.4, -0.2) is 9.97 Å². The highest BCUT2D eigenvalue weighted by Gasteiger charge is 2.14. The lowest BCUT2D eigenvalue weighted by molar-refractivity contribution is 1.23. The van der Waals surface area contributed by atoms with Gasteiger partial charge < -0.3 is 0 Å². The Bertz CT molecular complexity index is 1370. The van der Waals surface area contributed by atoms with Gasteiger partial charge in [-0.05, 0) is 55.2 Å². The van der Waals surface area contributed by atoms with Gasteiger partial charge in [0.25, 0.3) is 0 Å². The van der Waals surface area contributed by atoms with Crippen molar-refractivity contribution in [3.8, 4) is 22.3 Å². The van der Waals surface area contributed by atoms with Crippen molar-refractivity contribution in [3.05, 3.63) is 95.8 Å². The van der Waals surface area contributed by atoms with Gasteiger partial charge >= 0.3 is 0 Å². The molecule has 0 saturated heterocycles. The second-order valence-electron chi connectivity index (χ2n) is 7.72. The summed E-state index contributed by atoms with van der Waals surface area (Å²) in [6, 6.07) is 27.9. The maximum Gasteiger partial charge on any atom is 0.0974 e. The van der Waals surface area contributed by atoms with Crippen molar-refractivity contribution in [2.45, 2.75) is 20.8 Å². The molecule has 2 nitrogen and oxygen atoms in total. The predicted molar refractivity (Wildman–Crippen MR) is 122 cm³/mol. The molecule has 29 heavy (non-hydrogen) atoms. The summed E-state index contributed by atoms with van der Waals surface area (Å²) in [4.78, 5) is 9.85. The van der Waals surface area contributed by atoms with Crippen molar-refractivity contribution < 1.29 is 0 Å². The molecule has 2 heteroatoms. The van der Waals surface area contributed by atoms with E-state index in [9.17, 15) is 0 Å². The van der Waals surface area contributed by atoms with Crippen molar-refractivity contribution in [1.29, 1.82) is 0 Å². The normalized spacial score (nSPS) is 11.3. The third kappa shape index (κ3) is 3.07. The lowest BCUT2D eigenvalue weighted by Crippen LogP contribution is -1.94. The zero-order valence-corrected chi connectivity index (χ0v) is 16.9. The molecule has 2 aromatic heterocycles. The van der Waals surface area contributed by atoms with Crippen LogP contribution in [0, 0.1) is 20.8 Å². The SMILES string of the molecule is Cc1cccc(-c2cc(C)nc3c2ccc2c(-c4ccccc4)cc(C)nc23)c1. The summed E-state index contributed by atoms with van der Waals surface area (Å²) in [5.74, 6) is 0. The van der Waals surface area contributed by atoms with Gasteiger partial charge in [-0.1, -0.05) is 72.3 Å². The van der Waals surface area contributed by atoms with E-state index in [4.69, 9.17) is 9.97 Å². The fourth-order valence-electron chi connectivity index (χ4n) is 4.14. The molecule has 140 valence electrons. The van der Waals surface area contributed by atoms with E-state index >= 15 is 0 Å². The van der Waals surface area contributed by atoms with E-state index in [0.29, 0.717) is 0 Å². The third-order valence-electron chi connectivity index (χ3n) is 5.43. The van der Waals surface area contributed by atoms with Crippen LogP contribution in [0.25, 0.3) is 44.1 Å². The number of nitrogens with zero attached hydrogens (tertiary/aromatic N) is 2. The molecule has 3 aromatic carbocycles. The Kier molecular flexibility index (Phi) is 4.13. The quantitative estimate of drug-likeness (QED) is 0.310. The van der Waals surface area contributed by atoms with Crippen molar-refractivity contribution in [2.75, 3.05) is 0 Å². The van der Waals surface area contributed by atoms with E-state index in [-0.39, 0.29) is 0 Å². The fraction of sp³-hybridized carbons (Fsp3) is 0.111. The van der Waals surface area contributed by atoms with E-state index in [1.54, 1.807) is 0 Å². The van der Waals surface area contributed by atoms with Crippen LogP contribution >= 0.6 is 0 Å². The first-order chi connectivity index (χ1) is 14.1. The van der Waals surface area contributed by atoms with Gasteiger partial charge in [0, 0.05) is 22.2 Å². The van der Waals surface area contributed by atoms with Crippen LogP contribution < -0.4 is 0 Å². The van der Waals surface area contributed by atoms with Gasteiger partial charge in [-0.2, -0.15) is 0 Å². The molecule has 0 aliphatic carbocycles. The van der Waals surface area contributed by atoms with Crippen LogP contribution in [0.15, 0.2) is 78.9 Å². The smallest absolute Gasteiger partial charge is 0.0974 e. The monoisotopic (exact) mass is 374 g/mol. The standard InChI is InChI=1S/C27H22N2/c1-17-8-7-11-21(14-17)25-16-19(3)29-27-23(25)13-12-22-24(15-18(2)28-26(22)27)20-9-5-4-6-10-20/h4-16H,1-3H3. The first-order valence-electron chi connectivity index (χ1n) is 9.94. The Morgan fingerprint density at radius 3 is 1.66 bits per heavy atom. The molecule has 0 bridgehead atoms. The summed E-state index contributed by atoms with van der Waals surface area (Å²) in [5.41, 5.74) is 10.0. The number of fused-ring (bicyclic) bond motifs is 3. The Balaban J connectivity index is 1.88. The molecule has 5 rings (SSSR count). The highest BCUT2D eigenvalue weighted by atomic mass is 14.8. The highest BCUT2D eigenvalue weighted by molar-refractivity contribution is 6.12. The van der Waals surface area contributed by atoms with Gasteiger partial charge in [0.2, 0.25) is 0 Å². The van der Waals surface area contributed by atoms with Gasteiger partial charge in [-0.25, -0.2) is 0 Å². The van der Waals surface area contributed by atoms with Crippen molar-refractivity contribution >= 4 is 21.8 Å². The molecular weight excluding hydrogens is 352 g/mol. The van der Waals surface area contributed by atoms with Crippen LogP contribution in [0.1, 0.15) is 17.0 Å². The molecule has 0 saturated carbocycles. The van der Waals surface area contributed by atoms with Gasteiger partial charge in [0.1, 0.15) is 0 Å². The first-order valence-corrected chi connectivity index (χ1v) is 9.94. The molecule has 0 amide bonds. The lowest BCUT2D eigenvalue weighted by Gasteiger charge is -2.13. The zero-order chi connectivity index (χ0) is 20.0.